The molecule has 1 saturated carbocycles. The fourth-order valence-corrected chi connectivity index (χ4v) is 4.09. The summed E-state index contributed by atoms with van der Waals surface area (Å²) in [7, 11) is 0. The fourth-order valence-electron chi connectivity index (χ4n) is 4.09. The van der Waals surface area contributed by atoms with Crippen LogP contribution in [0.2, 0.25) is 0 Å². The summed E-state index contributed by atoms with van der Waals surface area (Å²) in [5.41, 5.74) is 2.08. The molecule has 1 aliphatic heterocycles. The molecule has 0 radical (unpaired) electrons. The number of amides is 2. The Labute approximate surface area is 156 Å². The van der Waals surface area contributed by atoms with Gasteiger partial charge < -0.3 is 10.2 Å². The molecule has 2 aliphatic rings. The van der Waals surface area contributed by atoms with Crippen molar-refractivity contribution >= 4 is 22.7 Å². The van der Waals surface area contributed by atoms with Crippen molar-refractivity contribution in [3.63, 3.8) is 0 Å². The van der Waals surface area contributed by atoms with Crippen molar-refractivity contribution in [1.82, 2.24) is 20.4 Å². The van der Waals surface area contributed by atoms with Crippen LogP contribution in [0, 0.1) is 23.2 Å². The van der Waals surface area contributed by atoms with Crippen LogP contribution < -0.4 is 5.32 Å². The third kappa shape index (κ3) is 3.32. The third-order valence-electron chi connectivity index (χ3n) is 5.50. The largest absolute Gasteiger partial charge is 0.352 e. The minimum atomic E-state index is 0. The van der Waals surface area contributed by atoms with E-state index in [1.807, 2.05) is 23.1 Å². The Bertz CT molecular complexity index is 849. The van der Waals surface area contributed by atoms with Crippen molar-refractivity contribution < 1.29 is 12.4 Å². The maximum absolute atomic E-state index is 12.5. The molecule has 4 rings (SSSR count). The molecule has 1 aromatic carbocycles. The van der Waals surface area contributed by atoms with E-state index in [1.165, 1.54) is 0 Å². The highest BCUT2D eigenvalue weighted by Crippen LogP contribution is 2.52. The van der Waals surface area contributed by atoms with Crippen molar-refractivity contribution in [2.45, 2.75) is 33.7 Å². The van der Waals surface area contributed by atoms with Crippen molar-refractivity contribution in [2.75, 3.05) is 13.1 Å². The molecule has 0 spiro atoms. The zero-order valence-electron chi connectivity index (χ0n) is 15.6. The fraction of sp³-hybridized carbons (Fsp3) is 0.550. The number of rotatable bonds is 4. The van der Waals surface area contributed by atoms with Crippen LogP contribution >= 0.6 is 0 Å². The number of nitrogens with zero attached hydrogens (tertiary/aromatic N) is 2. The Morgan fingerprint density at radius 3 is 2.73 bits per heavy atom. The number of piperidine rings is 1. The Hall–Kier alpha value is -2.37. The average molecular weight is 358 g/mol. The second-order valence-electron chi connectivity index (χ2n) is 8.90. The van der Waals surface area contributed by atoms with Crippen LogP contribution in [0.3, 0.4) is 0 Å². The van der Waals surface area contributed by atoms with Gasteiger partial charge in [-0.1, -0.05) is 26.8 Å². The number of likely N-dealkylation sites (tertiary alicyclic amines) is 1. The highest BCUT2D eigenvalue weighted by molar-refractivity contribution is 5.84. The van der Waals surface area contributed by atoms with Crippen LogP contribution in [-0.4, -0.2) is 40.0 Å². The number of hydrogen-bond donors (Lipinski definition) is 2. The van der Waals surface area contributed by atoms with E-state index in [2.05, 4.69) is 36.3 Å². The third-order valence-corrected chi connectivity index (χ3v) is 5.50. The van der Waals surface area contributed by atoms with Crippen LogP contribution in [0.4, 0.5) is 0 Å². The molecule has 2 aromatic rings. The molecular weight excluding hydrogens is 328 g/mol. The van der Waals surface area contributed by atoms with E-state index in [0.717, 1.165) is 29.6 Å². The molecule has 0 bridgehead atoms. The summed E-state index contributed by atoms with van der Waals surface area (Å²) in [5, 5.41) is 11.0. The van der Waals surface area contributed by atoms with Gasteiger partial charge in [0.05, 0.1) is 11.7 Å². The van der Waals surface area contributed by atoms with Crippen LogP contribution in [0.15, 0.2) is 24.4 Å². The number of nitrogens with one attached hydrogen (secondary N) is 2. The van der Waals surface area contributed by atoms with E-state index >= 15 is 0 Å². The van der Waals surface area contributed by atoms with Crippen LogP contribution in [0.25, 0.3) is 10.9 Å². The second-order valence-corrected chi connectivity index (χ2v) is 8.90. The van der Waals surface area contributed by atoms with Crippen LogP contribution in [-0.2, 0) is 16.1 Å². The number of hydrogen-bond acceptors (Lipinski definition) is 3. The van der Waals surface area contributed by atoms with Gasteiger partial charge in [-0.2, -0.15) is 5.10 Å². The lowest BCUT2D eigenvalue weighted by atomic mass is 9.91. The van der Waals surface area contributed by atoms with Gasteiger partial charge >= 0.3 is 0 Å². The van der Waals surface area contributed by atoms with Gasteiger partial charge in [-0.3, -0.25) is 14.7 Å². The summed E-state index contributed by atoms with van der Waals surface area (Å²) >= 11 is 0. The number of aromatic amines is 1. The normalized spacial score (nSPS) is 24.6. The zero-order chi connectivity index (χ0) is 18.5. The average Bonchev–Trinajstić information content (AvgIpc) is 2.93. The predicted octanol–water partition coefficient (Wildman–Crippen LogP) is 2.81. The lowest BCUT2D eigenvalue weighted by Gasteiger charge is -2.24. The summed E-state index contributed by atoms with van der Waals surface area (Å²) in [6.07, 6.45) is 2.36. The number of carbonyl (C=O) groups excluding carboxylic acids is 2. The molecule has 1 aromatic heterocycles. The maximum Gasteiger partial charge on any atom is 0.224 e. The minimum absolute atomic E-state index is 0. The summed E-state index contributed by atoms with van der Waals surface area (Å²) in [4.78, 5) is 26.7. The van der Waals surface area contributed by atoms with Gasteiger partial charge in [-0.25, -0.2) is 0 Å². The van der Waals surface area contributed by atoms with Gasteiger partial charge in [0.2, 0.25) is 11.8 Å². The molecule has 2 fully saturated rings. The van der Waals surface area contributed by atoms with Crippen molar-refractivity contribution in [2.24, 2.45) is 23.2 Å². The summed E-state index contributed by atoms with van der Waals surface area (Å²) < 4.78 is 0. The molecular formula is C20H30N4O2. The van der Waals surface area contributed by atoms with Gasteiger partial charge in [0.25, 0.3) is 0 Å². The van der Waals surface area contributed by atoms with Gasteiger partial charge in [-0.05, 0) is 34.9 Å². The molecule has 1 unspecified atom stereocenters. The van der Waals surface area contributed by atoms with Crippen LogP contribution in [0.5, 0.6) is 0 Å². The van der Waals surface area contributed by atoms with E-state index in [-0.39, 0.29) is 26.0 Å². The number of fused-ring (bicyclic) bond motifs is 2. The quantitative estimate of drug-likeness (QED) is 0.882. The van der Waals surface area contributed by atoms with Crippen LogP contribution in [0.1, 0.15) is 35.6 Å². The molecule has 1 saturated heterocycles. The van der Waals surface area contributed by atoms with E-state index in [1.54, 1.807) is 6.20 Å². The Morgan fingerprint density at radius 1 is 1.31 bits per heavy atom. The van der Waals surface area contributed by atoms with Gasteiger partial charge in [0.15, 0.2) is 0 Å². The van der Waals surface area contributed by atoms with E-state index < -0.39 is 0 Å². The molecule has 142 valence electrons. The molecule has 2 N–H and O–H groups in total. The smallest absolute Gasteiger partial charge is 0.224 e. The lowest BCUT2D eigenvalue weighted by Crippen LogP contribution is -2.36. The molecule has 6 nitrogen and oxygen atoms in total. The second kappa shape index (κ2) is 6.11. The maximum atomic E-state index is 12.5. The number of aromatic nitrogens is 2. The summed E-state index contributed by atoms with van der Waals surface area (Å²) in [5.74, 6) is 1.10. The predicted molar refractivity (Wildman–Crippen MR) is 103 cm³/mol. The van der Waals surface area contributed by atoms with Crippen molar-refractivity contribution in [3.05, 3.63) is 30.0 Å². The van der Waals surface area contributed by atoms with Gasteiger partial charge in [0.1, 0.15) is 0 Å². The summed E-state index contributed by atoms with van der Waals surface area (Å²) in [6.45, 7) is 8.25. The lowest BCUT2D eigenvalue weighted by molar-refractivity contribution is -0.133. The minimum Gasteiger partial charge on any atom is -0.352 e. The molecule has 2 amide bonds. The van der Waals surface area contributed by atoms with E-state index in [9.17, 15) is 9.59 Å². The topological polar surface area (TPSA) is 78.1 Å². The first-order valence-corrected chi connectivity index (χ1v) is 9.29. The Kier molecular flexibility index (Phi) is 4.01. The molecule has 2 heterocycles. The molecule has 26 heavy (non-hydrogen) atoms. The Morgan fingerprint density at radius 2 is 2.04 bits per heavy atom. The van der Waals surface area contributed by atoms with Crippen molar-refractivity contribution in [1.29, 1.82) is 0 Å². The molecule has 1 aliphatic carbocycles. The summed E-state index contributed by atoms with van der Waals surface area (Å²) in [6, 6.07) is 6.02. The highest BCUT2D eigenvalue weighted by atomic mass is 16.2. The first-order valence-electron chi connectivity index (χ1n) is 9.29. The monoisotopic (exact) mass is 358 g/mol. The molecule has 6 heteroatoms. The number of H-pyrrole nitrogens is 1. The number of carbonyl (C=O) groups is 2. The highest BCUT2D eigenvalue weighted by Gasteiger charge is 2.60. The Balaban J connectivity index is 0.00000140. The first kappa shape index (κ1) is 17.1. The SMILES string of the molecule is CC(C)(C)CC(=O)N1C[C@@H]2C(C(=O)NCc3ccc4[nH]ncc4c3)[C@@H]2C1.[HH].[HH]. The van der Waals surface area contributed by atoms with Gasteiger partial charge in [0, 0.05) is 40.2 Å². The van der Waals surface area contributed by atoms with E-state index in [0.29, 0.717) is 24.8 Å². The number of benzene rings is 1. The van der Waals surface area contributed by atoms with Crippen molar-refractivity contribution in [3.8, 4) is 0 Å². The van der Waals surface area contributed by atoms with Gasteiger partial charge in [-0.15, -0.1) is 0 Å². The molecule has 3 atom stereocenters. The first-order chi connectivity index (χ1) is 12.3. The van der Waals surface area contributed by atoms with E-state index in [4.69, 9.17) is 0 Å². The zero-order valence-corrected chi connectivity index (χ0v) is 15.6. The standard InChI is InChI=1S/C20H26N4O2.2H2/c1-20(2,3)7-17(25)24-10-14-15(11-24)18(14)19(26)21-8-12-4-5-16-13(6-12)9-22-23-16;;/h4-6,9,14-15,18H,7-8,10-11H2,1-3H3,(H,21,26)(H,22,23);2*1H/t14-,15+,18?;;.